The topological polar surface area (TPSA) is 86.1 Å². The molecule has 9 heteroatoms. The van der Waals surface area contributed by atoms with Crippen LogP contribution in [0.25, 0.3) is 0 Å². The minimum atomic E-state index is -0.336. The van der Waals surface area contributed by atoms with E-state index < -0.39 is 0 Å². The number of aryl methyl sites for hydroxylation is 1. The minimum absolute atomic E-state index is 0.133. The Balaban J connectivity index is 1.10. The van der Waals surface area contributed by atoms with Gasteiger partial charge in [-0.15, -0.1) is 21.5 Å². The molecular weight excluding hydrogens is 480 g/mol. The first kappa shape index (κ1) is 23.5. The number of hydrogen-bond acceptors (Lipinski definition) is 7. The zero-order valence-electron chi connectivity index (χ0n) is 20.6. The molecule has 0 unspecified atom stereocenters. The molecule has 2 aromatic heterocycles. The number of nitrogens with zero attached hydrogens (tertiary/aromatic N) is 3. The van der Waals surface area contributed by atoms with Crippen LogP contribution in [-0.2, 0) is 35.8 Å². The monoisotopic (exact) mass is 514 g/mol. The summed E-state index contributed by atoms with van der Waals surface area (Å²) >= 11 is 2.92. The molecule has 0 aliphatic heterocycles. The fourth-order valence-electron chi connectivity index (χ4n) is 7.67. The molecule has 4 saturated carbocycles. The van der Waals surface area contributed by atoms with Crippen molar-refractivity contribution in [1.82, 2.24) is 14.8 Å². The van der Waals surface area contributed by atoms with Crippen LogP contribution in [0.3, 0.4) is 0 Å². The predicted molar refractivity (Wildman–Crippen MR) is 137 cm³/mol. The van der Waals surface area contributed by atoms with Crippen molar-refractivity contribution in [3.8, 4) is 0 Å². The number of fused-ring (bicyclic) bond motifs is 1. The Kier molecular flexibility index (Phi) is 6.19. The van der Waals surface area contributed by atoms with Crippen molar-refractivity contribution in [2.75, 3.05) is 17.7 Å². The van der Waals surface area contributed by atoms with E-state index in [1.165, 1.54) is 66.5 Å². The maximum Gasteiger partial charge on any atom is 0.341 e. The third-order valence-electron chi connectivity index (χ3n) is 8.61. The second kappa shape index (κ2) is 9.21. The average Bonchev–Trinajstić information content (AvgIpc) is 3.47. The lowest BCUT2D eigenvalue weighted by Crippen LogP contribution is -2.47. The van der Waals surface area contributed by atoms with Gasteiger partial charge >= 0.3 is 5.97 Å². The fourth-order valence-corrected chi connectivity index (χ4v) is 9.69. The van der Waals surface area contributed by atoms with E-state index in [1.54, 1.807) is 6.92 Å². The summed E-state index contributed by atoms with van der Waals surface area (Å²) in [6, 6.07) is 0. The number of rotatable bonds is 8. The molecule has 4 bridgehead atoms. The van der Waals surface area contributed by atoms with Gasteiger partial charge in [-0.2, -0.15) is 0 Å². The molecule has 5 aliphatic rings. The van der Waals surface area contributed by atoms with Crippen LogP contribution in [0.2, 0.25) is 0 Å². The van der Waals surface area contributed by atoms with Crippen LogP contribution in [-0.4, -0.2) is 39.0 Å². The quantitative estimate of drug-likeness (QED) is 0.393. The van der Waals surface area contributed by atoms with E-state index in [0.29, 0.717) is 22.6 Å². The van der Waals surface area contributed by atoms with Gasteiger partial charge in [-0.1, -0.05) is 11.8 Å². The molecule has 0 saturated heterocycles. The van der Waals surface area contributed by atoms with Crippen LogP contribution in [0.4, 0.5) is 5.00 Å². The van der Waals surface area contributed by atoms with Gasteiger partial charge in [-0.25, -0.2) is 4.79 Å². The minimum Gasteiger partial charge on any atom is -0.462 e. The van der Waals surface area contributed by atoms with Gasteiger partial charge in [0.1, 0.15) is 10.8 Å². The van der Waals surface area contributed by atoms with E-state index in [0.717, 1.165) is 60.0 Å². The maximum atomic E-state index is 12.8. The number of thiophene rings is 1. The summed E-state index contributed by atoms with van der Waals surface area (Å²) in [7, 11) is 2.03. The standard InChI is InChI=1S/C26H34N4O3S2/c1-3-33-24(32)22-18-5-4-6-19(18)35-23(22)27-21(31)14-34-25-29-28-20(30(25)2)13-26-10-15-7-16(11-26)9-17(8-15)12-26/h15-17H,3-14H2,1-2H3,(H,27,31). The van der Waals surface area contributed by atoms with Gasteiger partial charge < -0.3 is 14.6 Å². The molecule has 5 aliphatic carbocycles. The Morgan fingerprint density at radius 1 is 1.14 bits per heavy atom. The molecule has 1 amide bonds. The average molecular weight is 515 g/mol. The molecule has 0 atom stereocenters. The van der Waals surface area contributed by atoms with E-state index in [2.05, 4.69) is 20.1 Å². The zero-order valence-corrected chi connectivity index (χ0v) is 22.2. The SMILES string of the molecule is CCOC(=O)c1c(NC(=O)CSc2nnc(CC34CC5CC(CC(C5)C3)C4)n2C)sc2c1CCC2. The number of hydrogen-bond donors (Lipinski definition) is 1. The van der Waals surface area contributed by atoms with Crippen LogP contribution in [0, 0.1) is 23.2 Å². The number of aromatic nitrogens is 3. The van der Waals surface area contributed by atoms with Gasteiger partial charge in [-0.05, 0) is 93.4 Å². The first-order valence-corrected chi connectivity index (χ1v) is 14.9. The summed E-state index contributed by atoms with van der Waals surface area (Å²) in [5.41, 5.74) is 2.02. The van der Waals surface area contributed by atoms with E-state index in [9.17, 15) is 9.59 Å². The first-order valence-electron chi connectivity index (χ1n) is 13.1. The van der Waals surface area contributed by atoms with Crippen LogP contribution in [0.5, 0.6) is 0 Å². The van der Waals surface area contributed by atoms with Gasteiger partial charge in [0.05, 0.1) is 17.9 Å². The molecule has 4 fully saturated rings. The van der Waals surface area contributed by atoms with Crippen molar-refractivity contribution in [2.24, 2.45) is 30.2 Å². The van der Waals surface area contributed by atoms with E-state index >= 15 is 0 Å². The number of carbonyl (C=O) groups excluding carboxylic acids is 2. The summed E-state index contributed by atoms with van der Waals surface area (Å²) in [5, 5.41) is 13.4. The van der Waals surface area contributed by atoms with Gasteiger partial charge in [0.15, 0.2) is 5.16 Å². The molecule has 2 heterocycles. The lowest BCUT2D eigenvalue weighted by molar-refractivity contribution is -0.113. The van der Waals surface area contributed by atoms with Crippen molar-refractivity contribution in [2.45, 2.75) is 76.3 Å². The number of carbonyl (C=O) groups is 2. The van der Waals surface area contributed by atoms with Gasteiger partial charge in [0, 0.05) is 18.3 Å². The Hall–Kier alpha value is -1.87. The Morgan fingerprint density at radius 3 is 2.54 bits per heavy atom. The largest absolute Gasteiger partial charge is 0.462 e. The number of nitrogens with one attached hydrogen (secondary N) is 1. The number of ether oxygens (including phenoxy) is 1. The van der Waals surface area contributed by atoms with Gasteiger partial charge in [0.2, 0.25) is 5.91 Å². The van der Waals surface area contributed by atoms with Crippen LogP contribution >= 0.6 is 23.1 Å². The summed E-state index contributed by atoms with van der Waals surface area (Å²) in [6.45, 7) is 2.13. The van der Waals surface area contributed by atoms with Gasteiger partial charge in [0.25, 0.3) is 0 Å². The number of anilines is 1. The summed E-state index contributed by atoms with van der Waals surface area (Å²) in [4.78, 5) is 26.6. The Morgan fingerprint density at radius 2 is 1.86 bits per heavy atom. The number of thioether (sulfide) groups is 1. The zero-order chi connectivity index (χ0) is 24.2. The molecule has 2 aromatic rings. The van der Waals surface area contributed by atoms with Crippen LogP contribution in [0.15, 0.2) is 5.16 Å². The predicted octanol–water partition coefficient (Wildman–Crippen LogP) is 5.03. The Labute approximate surface area is 214 Å². The lowest BCUT2D eigenvalue weighted by atomic mass is 9.49. The molecule has 188 valence electrons. The highest BCUT2D eigenvalue weighted by Crippen LogP contribution is 2.61. The third-order valence-corrected chi connectivity index (χ3v) is 10.8. The molecule has 35 heavy (non-hydrogen) atoms. The molecule has 7 rings (SSSR count). The normalized spacial score (nSPS) is 28.3. The highest BCUT2D eigenvalue weighted by atomic mass is 32.2. The molecule has 0 radical (unpaired) electrons. The van der Waals surface area contributed by atoms with E-state index in [1.807, 2.05) is 7.05 Å². The molecule has 1 N–H and O–H groups in total. The van der Waals surface area contributed by atoms with Crippen molar-refractivity contribution in [3.63, 3.8) is 0 Å². The molecule has 0 spiro atoms. The second-order valence-corrected chi connectivity index (χ2v) is 13.2. The fraction of sp³-hybridized carbons (Fsp3) is 0.692. The molecule has 0 aromatic carbocycles. The number of amides is 1. The van der Waals surface area contributed by atoms with E-state index in [-0.39, 0.29) is 17.6 Å². The van der Waals surface area contributed by atoms with Crippen molar-refractivity contribution < 1.29 is 14.3 Å². The van der Waals surface area contributed by atoms with Crippen molar-refractivity contribution in [3.05, 3.63) is 21.8 Å². The summed E-state index contributed by atoms with van der Waals surface area (Å²) in [6.07, 6.45) is 12.3. The smallest absolute Gasteiger partial charge is 0.341 e. The van der Waals surface area contributed by atoms with Crippen LogP contribution in [0.1, 0.15) is 78.5 Å². The lowest BCUT2D eigenvalue weighted by Gasteiger charge is -2.56. The highest BCUT2D eigenvalue weighted by molar-refractivity contribution is 7.99. The second-order valence-electron chi connectivity index (χ2n) is 11.2. The molecule has 7 nitrogen and oxygen atoms in total. The van der Waals surface area contributed by atoms with Gasteiger partial charge in [-0.3, -0.25) is 4.79 Å². The number of esters is 1. The first-order chi connectivity index (χ1) is 16.9. The van der Waals surface area contributed by atoms with Crippen LogP contribution < -0.4 is 5.32 Å². The third kappa shape index (κ3) is 4.43. The summed E-state index contributed by atoms with van der Waals surface area (Å²) < 4.78 is 7.35. The summed E-state index contributed by atoms with van der Waals surface area (Å²) in [5.74, 6) is 3.58. The van der Waals surface area contributed by atoms with E-state index in [4.69, 9.17) is 4.74 Å². The molecular formula is C26H34N4O3S2. The maximum absolute atomic E-state index is 12.8. The van der Waals surface area contributed by atoms with Crippen molar-refractivity contribution >= 4 is 40.0 Å². The highest BCUT2D eigenvalue weighted by Gasteiger charge is 2.51. The van der Waals surface area contributed by atoms with Crippen molar-refractivity contribution in [1.29, 1.82) is 0 Å². The Bertz CT molecular complexity index is 1120.